The van der Waals surface area contributed by atoms with Crippen molar-refractivity contribution in [1.82, 2.24) is 4.68 Å². The highest BCUT2D eigenvalue weighted by Gasteiger charge is 2.07. The summed E-state index contributed by atoms with van der Waals surface area (Å²) < 4.78 is 14.8. The SMILES string of the molecule is CN=c1scc(-c2ccc(F)cc2)n1/N=C\c1ccc(Cl)c(Cl)c1. The number of halogens is 3. The van der Waals surface area contributed by atoms with E-state index in [-0.39, 0.29) is 5.82 Å². The van der Waals surface area contributed by atoms with Crippen LogP contribution in [0.2, 0.25) is 10.0 Å². The largest absolute Gasteiger partial charge is 0.261 e. The number of aromatic nitrogens is 1. The molecule has 0 atom stereocenters. The van der Waals surface area contributed by atoms with Gasteiger partial charge in [-0.2, -0.15) is 5.10 Å². The Hall–Kier alpha value is -1.95. The summed E-state index contributed by atoms with van der Waals surface area (Å²) in [5, 5.41) is 7.38. The van der Waals surface area contributed by atoms with Crippen LogP contribution in [0.25, 0.3) is 11.3 Å². The van der Waals surface area contributed by atoms with E-state index in [4.69, 9.17) is 23.2 Å². The van der Waals surface area contributed by atoms with Gasteiger partial charge in [-0.15, -0.1) is 11.3 Å². The second-order valence-corrected chi connectivity index (χ2v) is 6.51. The molecule has 3 aromatic rings. The minimum atomic E-state index is -0.278. The van der Waals surface area contributed by atoms with E-state index >= 15 is 0 Å². The maximum atomic E-state index is 13.1. The van der Waals surface area contributed by atoms with Crippen molar-refractivity contribution in [3.05, 3.63) is 74.1 Å². The van der Waals surface area contributed by atoms with Crippen LogP contribution >= 0.6 is 34.5 Å². The molecule has 0 aliphatic rings. The van der Waals surface area contributed by atoms with E-state index in [0.717, 1.165) is 21.6 Å². The monoisotopic (exact) mass is 379 g/mol. The third kappa shape index (κ3) is 3.59. The Morgan fingerprint density at radius 1 is 1.08 bits per heavy atom. The second-order valence-electron chi connectivity index (χ2n) is 4.86. The molecular formula is C17H12Cl2FN3S. The van der Waals surface area contributed by atoms with Crippen LogP contribution in [0.15, 0.2) is 57.9 Å². The molecule has 0 N–H and O–H groups in total. The van der Waals surface area contributed by atoms with Gasteiger partial charge in [0.25, 0.3) is 0 Å². The Morgan fingerprint density at radius 2 is 1.83 bits per heavy atom. The van der Waals surface area contributed by atoms with Gasteiger partial charge in [-0.25, -0.2) is 9.07 Å². The van der Waals surface area contributed by atoms with Crippen molar-refractivity contribution in [1.29, 1.82) is 0 Å². The van der Waals surface area contributed by atoms with Crippen molar-refractivity contribution in [3.8, 4) is 11.3 Å². The molecule has 3 nitrogen and oxygen atoms in total. The molecule has 0 unspecified atom stereocenters. The van der Waals surface area contributed by atoms with E-state index in [9.17, 15) is 4.39 Å². The van der Waals surface area contributed by atoms with E-state index in [1.807, 2.05) is 11.4 Å². The molecule has 0 radical (unpaired) electrons. The normalized spacial score (nSPS) is 12.2. The van der Waals surface area contributed by atoms with Crippen molar-refractivity contribution in [2.24, 2.45) is 10.1 Å². The van der Waals surface area contributed by atoms with Gasteiger partial charge in [0.05, 0.1) is 22.0 Å². The zero-order valence-corrected chi connectivity index (χ0v) is 14.9. The average Bonchev–Trinajstić information content (AvgIpc) is 2.99. The highest BCUT2D eigenvalue weighted by molar-refractivity contribution is 7.07. The molecule has 0 saturated carbocycles. The molecule has 0 bridgehead atoms. The predicted molar refractivity (Wildman–Crippen MR) is 98.6 cm³/mol. The first kappa shape index (κ1) is 16.9. The Kier molecular flexibility index (Phi) is 5.14. The van der Waals surface area contributed by atoms with Crippen molar-refractivity contribution in [2.75, 3.05) is 7.05 Å². The Balaban J connectivity index is 2.03. The highest BCUT2D eigenvalue weighted by Crippen LogP contribution is 2.23. The number of hydrogen-bond donors (Lipinski definition) is 0. The summed E-state index contributed by atoms with van der Waals surface area (Å²) in [7, 11) is 1.70. The smallest absolute Gasteiger partial charge is 0.205 e. The first-order valence-corrected chi connectivity index (χ1v) is 8.61. The molecule has 24 heavy (non-hydrogen) atoms. The van der Waals surface area contributed by atoms with Crippen LogP contribution in [-0.2, 0) is 0 Å². The van der Waals surface area contributed by atoms with Gasteiger partial charge in [0.2, 0.25) is 4.80 Å². The van der Waals surface area contributed by atoms with E-state index in [0.29, 0.717) is 10.0 Å². The molecule has 7 heteroatoms. The van der Waals surface area contributed by atoms with Crippen LogP contribution in [0.4, 0.5) is 4.39 Å². The Morgan fingerprint density at radius 3 is 2.50 bits per heavy atom. The van der Waals surface area contributed by atoms with E-state index in [1.165, 1.54) is 23.5 Å². The number of hydrogen-bond acceptors (Lipinski definition) is 3. The molecule has 0 aliphatic carbocycles. The number of nitrogens with zero attached hydrogens (tertiary/aromatic N) is 3. The summed E-state index contributed by atoms with van der Waals surface area (Å²) in [6, 6.07) is 11.5. The van der Waals surface area contributed by atoms with Crippen LogP contribution < -0.4 is 4.80 Å². The second kappa shape index (κ2) is 7.30. The lowest BCUT2D eigenvalue weighted by Crippen LogP contribution is -2.11. The molecule has 1 aromatic heterocycles. The van der Waals surface area contributed by atoms with Crippen LogP contribution in [0.1, 0.15) is 5.56 Å². The molecule has 0 amide bonds. The van der Waals surface area contributed by atoms with Crippen molar-refractivity contribution >= 4 is 40.8 Å². The summed E-state index contributed by atoms with van der Waals surface area (Å²) >= 11 is 13.4. The Labute approximate surface area is 152 Å². The molecule has 0 fully saturated rings. The fourth-order valence-corrected chi connectivity index (χ4v) is 3.21. The molecule has 0 spiro atoms. The molecule has 0 saturated heterocycles. The topological polar surface area (TPSA) is 29.6 Å². The summed E-state index contributed by atoms with van der Waals surface area (Å²) in [5.74, 6) is -0.278. The maximum absolute atomic E-state index is 13.1. The van der Waals surface area contributed by atoms with Crippen molar-refractivity contribution in [2.45, 2.75) is 0 Å². The lowest BCUT2D eigenvalue weighted by atomic mass is 10.2. The van der Waals surface area contributed by atoms with Gasteiger partial charge in [0, 0.05) is 18.0 Å². The van der Waals surface area contributed by atoms with Crippen molar-refractivity contribution in [3.63, 3.8) is 0 Å². The fraction of sp³-hybridized carbons (Fsp3) is 0.0588. The molecule has 3 rings (SSSR count). The van der Waals surface area contributed by atoms with Gasteiger partial charge in [-0.1, -0.05) is 29.3 Å². The zero-order valence-electron chi connectivity index (χ0n) is 12.6. The standard InChI is InChI=1S/C17H12Cl2FN3S/c1-21-17-23(22-9-11-2-7-14(18)15(19)8-11)16(10-24-17)12-3-5-13(20)6-4-12/h2-10H,1H3/b21-17?,22-9-. The average molecular weight is 380 g/mol. The number of rotatable bonds is 3. The van der Waals surface area contributed by atoms with Gasteiger partial charge in [-0.3, -0.25) is 4.99 Å². The first-order valence-electron chi connectivity index (χ1n) is 6.97. The minimum absolute atomic E-state index is 0.278. The molecular weight excluding hydrogens is 368 g/mol. The van der Waals surface area contributed by atoms with Crippen LogP contribution in [0, 0.1) is 5.82 Å². The quantitative estimate of drug-likeness (QED) is 0.568. The fourth-order valence-electron chi connectivity index (χ4n) is 2.10. The van der Waals surface area contributed by atoms with Gasteiger partial charge in [0.15, 0.2) is 0 Å². The van der Waals surface area contributed by atoms with E-state index in [2.05, 4.69) is 10.1 Å². The lowest BCUT2D eigenvalue weighted by Gasteiger charge is -2.03. The summed E-state index contributed by atoms with van der Waals surface area (Å²) in [4.78, 5) is 4.95. The van der Waals surface area contributed by atoms with Crippen LogP contribution in [0.5, 0.6) is 0 Å². The number of benzene rings is 2. The summed E-state index contributed by atoms with van der Waals surface area (Å²) in [5.41, 5.74) is 2.50. The molecule has 1 heterocycles. The molecule has 2 aromatic carbocycles. The van der Waals surface area contributed by atoms with Gasteiger partial charge >= 0.3 is 0 Å². The van der Waals surface area contributed by atoms with Crippen LogP contribution in [-0.4, -0.2) is 17.9 Å². The first-order chi connectivity index (χ1) is 11.6. The van der Waals surface area contributed by atoms with Crippen molar-refractivity contribution < 1.29 is 4.39 Å². The zero-order chi connectivity index (χ0) is 17.1. The Bertz CT molecular complexity index is 959. The van der Waals surface area contributed by atoms with Gasteiger partial charge in [-0.05, 0) is 42.0 Å². The van der Waals surface area contributed by atoms with Gasteiger partial charge in [0.1, 0.15) is 5.82 Å². The minimum Gasteiger partial charge on any atom is -0.261 e. The molecule has 122 valence electrons. The van der Waals surface area contributed by atoms with Gasteiger partial charge < -0.3 is 0 Å². The number of thiazole rings is 1. The van der Waals surface area contributed by atoms with E-state index in [1.54, 1.807) is 42.2 Å². The summed E-state index contributed by atoms with van der Waals surface area (Å²) in [6.45, 7) is 0. The third-order valence-electron chi connectivity index (χ3n) is 3.28. The maximum Gasteiger partial charge on any atom is 0.205 e. The van der Waals surface area contributed by atoms with E-state index < -0.39 is 0 Å². The molecule has 0 aliphatic heterocycles. The predicted octanol–water partition coefficient (Wildman–Crippen LogP) is 5.08. The lowest BCUT2D eigenvalue weighted by molar-refractivity contribution is 0.628. The third-order valence-corrected chi connectivity index (χ3v) is 4.93. The summed E-state index contributed by atoms with van der Waals surface area (Å²) in [6.07, 6.45) is 1.68. The highest BCUT2D eigenvalue weighted by atomic mass is 35.5. The van der Waals surface area contributed by atoms with Crippen LogP contribution in [0.3, 0.4) is 0 Å².